The number of allylic oxidation sites excluding steroid dienone is 1. The fourth-order valence-electron chi connectivity index (χ4n) is 1.87. The van der Waals surface area contributed by atoms with E-state index in [1.54, 1.807) is 30.3 Å². The highest BCUT2D eigenvalue weighted by Crippen LogP contribution is 2.35. The number of carbonyl (C=O) groups is 1. The Morgan fingerprint density at radius 3 is 2.55 bits per heavy atom. The van der Waals surface area contributed by atoms with Gasteiger partial charge in [0, 0.05) is 17.2 Å². The highest BCUT2D eigenvalue weighted by atomic mass is 16.6. The number of hydrogen-bond acceptors (Lipinski definition) is 5. The Hall–Kier alpha value is -3.15. The van der Waals surface area contributed by atoms with Gasteiger partial charge in [-0.15, -0.1) is 0 Å². The first-order valence-electron chi connectivity index (χ1n) is 6.35. The number of nitro benzene ring substituents is 1. The van der Waals surface area contributed by atoms with Crippen LogP contribution in [0.25, 0.3) is 6.08 Å². The minimum atomic E-state index is -0.599. The molecule has 0 radical (unpaired) electrons. The van der Waals surface area contributed by atoms with Crippen LogP contribution in [0.2, 0.25) is 0 Å². The van der Waals surface area contributed by atoms with Crippen LogP contribution in [0.1, 0.15) is 15.9 Å². The van der Waals surface area contributed by atoms with Crippen LogP contribution in [-0.4, -0.2) is 22.9 Å². The summed E-state index contributed by atoms with van der Waals surface area (Å²) in [6, 6.07) is 10.8. The number of benzene rings is 2. The Balaban J connectivity index is 2.36. The van der Waals surface area contributed by atoms with Gasteiger partial charge in [0.2, 0.25) is 0 Å². The van der Waals surface area contributed by atoms with E-state index < -0.39 is 4.92 Å². The van der Waals surface area contributed by atoms with E-state index in [9.17, 15) is 20.0 Å². The van der Waals surface area contributed by atoms with Gasteiger partial charge in [-0.25, -0.2) is 0 Å². The van der Waals surface area contributed by atoms with Crippen molar-refractivity contribution in [3.8, 4) is 11.5 Å². The van der Waals surface area contributed by atoms with Gasteiger partial charge >= 0.3 is 0 Å². The predicted molar refractivity (Wildman–Crippen MR) is 81.1 cm³/mol. The van der Waals surface area contributed by atoms with Crippen molar-refractivity contribution in [2.75, 3.05) is 7.11 Å². The van der Waals surface area contributed by atoms with E-state index in [-0.39, 0.29) is 28.5 Å². The zero-order chi connectivity index (χ0) is 16.1. The van der Waals surface area contributed by atoms with Crippen LogP contribution in [0.3, 0.4) is 0 Å². The van der Waals surface area contributed by atoms with E-state index in [1.165, 1.54) is 25.3 Å². The number of phenolic OH excluding ortho intramolecular Hbond substituents is 1. The second kappa shape index (κ2) is 6.53. The molecule has 0 spiro atoms. The van der Waals surface area contributed by atoms with Gasteiger partial charge in [0.1, 0.15) is 0 Å². The van der Waals surface area contributed by atoms with Crippen molar-refractivity contribution in [2.24, 2.45) is 0 Å². The summed E-state index contributed by atoms with van der Waals surface area (Å²) in [6.07, 6.45) is 2.56. The molecule has 0 saturated carbocycles. The number of carbonyl (C=O) groups excluding carboxylic acids is 1. The van der Waals surface area contributed by atoms with Gasteiger partial charge in [-0.1, -0.05) is 30.3 Å². The number of nitrogens with zero attached hydrogens (tertiary/aromatic N) is 1. The maximum Gasteiger partial charge on any atom is 0.274 e. The Morgan fingerprint density at radius 1 is 1.27 bits per heavy atom. The van der Waals surface area contributed by atoms with Gasteiger partial charge in [0.05, 0.1) is 18.1 Å². The van der Waals surface area contributed by atoms with E-state index in [0.717, 1.165) is 6.07 Å². The number of rotatable bonds is 5. The largest absolute Gasteiger partial charge is 0.504 e. The van der Waals surface area contributed by atoms with Crippen molar-refractivity contribution >= 4 is 17.5 Å². The molecule has 0 atom stereocenters. The molecule has 6 nitrogen and oxygen atoms in total. The van der Waals surface area contributed by atoms with E-state index in [0.29, 0.717) is 5.56 Å². The predicted octanol–water partition coefficient (Wildman–Crippen LogP) is 3.21. The Morgan fingerprint density at radius 2 is 1.95 bits per heavy atom. The molecule has 0 bridgehead atoms. The Labute approximate surface area is 126 Å². The lowest BCUT2D eigenvalue weighted by Crippen LogP contribution is -1.94. The molecule has 0 fully saturated rings. The van der Waals surface area contributed by atoms with Crippen molar-refractivity contribution in [3.05, 3.63) is 69.8 Å². The number of ketones is 1. The molecule has 22 heavy (non-hydrogen) atoms. The van der Waals surface area contributed by atoms with Crippen molar-refractivity contribution in [2.45, 2.75) is 0 Å². The van der Waals surface area contributed by atoms with E-state index in [4.69, 9.17) is 4.74 Å². The first kappa shape index (κ1) is 15.2. The maximum absolute atomic E-state index is 12.0. The minimum Gasteiger partial charge on any atom is -0.504 e. The summed E-state index contributed by atoms with van der Waals surface area (Å²) in [7, 11) is 1.29. The molecular formula is C16H13NO5. The number of hydrogen-bond donors (Lipinski definition) is 1. The van der Waals surface area contributed by atoms with Crippen molar-refractivity contribution in [1.82, 2.24) is 0 Å². The fourth-order valence-corrected chi connectivity index (χ4v) is 1.87. The number of aromatic hydroxyl groups is 1. The van der Waals surface area contributed by atoms with Crippen molar-refractivity contribution in [3.63, 3.8) is 0 Å². The molecule has 6 heteroatoms. The van der Waals surface area contributed by atoms with Crippen LogP contribution in [0.4, 0.5) is 5.69 Å². The van der Waals surface area contributed by atoms with E-state index >= 15 is 0 Å². The van der Waals surface area contributed by atoms with Gasteiger partial charge in [-0.3, -0.25) is 14.9 Å². The zero-order valence-electron chi connectivity index (χ0n) is 11.7. The van der Waals surface area contributed by atoms with Gasteiger partial charge in [0.25, 0.3) is 5.69 Å². The average Bonchev–Trinajstić information content (AvgIpc) is 2.54. The molecular weight excluding hydrogens is 286 g/mol. The summed E-state index contributed by atoms with van der Waals surface area (Å²) in [5.74, 6) is -0.559. The Kier molecular flexibility index (Phi) is 4.53. The topological polar surface area (TPSA) is 89.7 Å². The van der Waals surface area contributed by atoms with Crippen LogP contribution < -0.4 is 4.74 Å². The average molecular weight is 299 g/mol. The van der Waals surface area contributed by atoms with Crippen LogP contribution >= 0.6 is 0 Å². The monoisotopic (exact) mass is 299 g/mol. The lowest BCUT2D eigenvalue weighted by Gasteiger charge is -2.06. The SMILES string of the molecule is COc1cc([N+](=O)[O-])cc(/C=C/C(=O)c2ccccc2)c1O. The fraction of sp³-hybridized carbons (Fsp3) is 0.0625. The van der Waals surface area contributed by atoms with Gasteiger partial charge in [-0.05, 0) is 12.2 Å². The first-order chi connectivity index (χ1) is 10.5. The molecule has 0 aliphatic carbocycles. The molecule has 2 rings (SSSR count). The number of nitro groups is 1. The molecule has 2 aromatic carbocycles. The quantitative estimate of drug-likeness (QED) is 0.396. The summed E-state index contributed by atoms with van der Waals surface area (Å²) in [5, 5.41) is 20.8. The van der Waals surface area contributed by atoms with E-state index in [2.05, 4.69) is 0 Å². The summed E-state index contributed by atoms with van der Waals surface area (Å²) in [5.41, 5.74) is 0.382. The van der Waals surface area contributed by atoms with Crippen molar-refractivity contribution < 1.29 is 19.6 Å². The molecule has 0 heterocycles. The number of ether oxygens (including phenoxy) is 1. The zero-order valence-corrected chi connectivity index (χ0v) is 11.7. The van der Waals surface area contributed by atoms with E-state index in [1.807, 2.05) is 0 Å². The number of methoxy groups -OCH3 is 1. The maximum atomic E-state index is 12.0. The number of phenols is 1. The van der Waals surface area contributed by atoms with Crippen molar-refractivity contribution in [1.29, 1.82) is 0 Å². The van der Waals surface area contributed by atoms with Gasteiger partial charge < -0.3 is 9.84 Å². The summed E-state index contributed by atoms with van der Waals surface area (Å²) >= 11 is 0. The summed E-state index contributed by atoms with van der Waals surface area (Å²) in [6.45, 7) is 0. The standard InChI is InChI=1S/C16H13NO5/c1-22-15-10-13(17(20)21)9-12(16(15)19)7-8-14(18)11-5-3-2-4-6-11/h2-10,19H,1H3/b8-7+. The minimum absolute atomic E-state index is 0.0268. The third-order valence-electron chi connectivity index (χ3n) is 2.99. The first-order valence-corrected chi connectivity index (χ1v) is 6.35. The molecule has 0 aliphatic rings. The highest BCUT2D eigenvalue weighted by molar-refractivity contribution is 6.07. The lowest BCUT2D eigenvalue weighted by molar-refractivity contribution is -0.385. The molecule has 0 aromatic heterocycles. The lowest BCUT2D eigenvalue weighted by atomic mass is 10.1. The van der Waals surface area contributed by atoms with Crippen LogP contribution in [-0.2, 0) is 0 Å². The summed E-state index contributed by atoms with van der Waals surface area (Å²) < 4.78 is 4.89. The third kappa shape index (κ3) is 3.29. The smallest absolute Gasteiger partial charge is 0.274 e. The Bertz CT molecular complexity index is 738. The second-order valence-electron chi connectivity index (χ2n) is 4.41. The second-order valence-corrected chi connectivity index (χ2v) is 4.41. The molecule has 0 unspecified atom stereocenters. The highest BCUT2D eigenvalue weighted by Gasteiger charge is 2.15. The van der Waals surface area contributed by atoms with Crippen LogP contribution in [0.15, 0.2) is 48.5 Å². The molecule has 2 aromatic rings. The van der Waals surface area contributed by atoms with Crippen LogP contribution in [0, 0.1) is 10.1 Å². The third-order valence-corrected chi connectivity index (χ3v) is 2.99. The van der Waals surface area contributed by atoms with Gasteiger partial charge in [-0.2, -0.15) is 0 Å². The molecule has 0 amide bonds. The molecule has 0 saturated heterocycles. The normalized spacial score (nSPS) is 10.6. The van der Waals surface area contributed by atoms with Gasteiger partial charge in [0.15, 0.2) is 17.3 Å². The number of non-ortho nitro benzene ring substituents is 1. The summed E-state index contributed by atoms with van der Waals surface area (Å²) in [4.78, 5) is 22.2. The molecule has 0 aliphatic heterocycles. The molecule has 112 valence electrons. The van der Waals surface area contributed by atoms with Crippen LogP contribution in [0.5, 0.6) is 11.5 Å². The molecule has 1 N–H and O–H groups in total.